The third-order valence-electron chi connectivity index (χ3n) is 5.87. The monoisotopic (exact) mass is 358 g/mol. The van der Waals surface area contributed by atoms with Crippen molar-refractivity contribution in [2.45, 2.75) is 39.5 Å². The first-order chi connectivity index (χ1) is 13.0. The summed E-state index contributed by atoms with van der Waals surface area (Å²) in [4.78, 5) is 8.70. The predicted octanol–water partition coefficient (Wildman–Crippen LogP) is 5.96. The third kappa shape index (κ3) is 2.82. The number of benzene rings is 2. The van der Waals surface area contributed by atoms with Crippen molar-refractivity contribution in [1.29, 1.82) is 0 Å². The van der Waals surface area contributed by atoms with Gasteiger partial charge in [-0.1, -0.05) is 44.2 Å². The van der Waals surface area contributed by atoms with Crippen LogP contribution in [0.2, 0.25) is 0 Å². The van der Waals surface area contributed by atoms with Crippen LogP contribution in [0.3, 0.4) is 0 Å². The molecule has 0 atom stereocenters. The minimum atomic E-state index is -0.195. The Morgan fingerprint density at radius 2 is 1.96 bits per heavy atom. The van der Waals surface area contributed by atoms with E-state index in [9.17, 15) is 4.39 Å². The first-order valence-electron chi connectivity index (χ1n) is 9.66. The summed E-state index contributed by atoms with van der Waals surface area (Å²) in [6, 6.07) is 15.3. The van der Waals surface area contributed by atoms with Crippen LogP contribution in [-0.4, -0.2) is 9.97 Å². The molecule has 0 radical (unpaired) electrons. The van der Waals surface area contributed by atoms with Crippen LogP contribution in [0.1, 0.15) is 42.8 Å². The van der Waals surface area contributed by atoms with Crippen molar-refractivity contribution in [1.82, 2.24) is 9.97 Å². The summed E-state index contributed by atoms with van der Waals surface area (Å²) in [7, 11) is 0. The van der Waals surface area contributed by atoms with Crippen molar-refractivity contribution < 1.29 is 4.39 Å². The minimum absolute atomic E-state index is 0.195. The molecule has 0 saturated carbocycles. The zero-order valence-corrected chi connectivity index (χ0v) is 15.8. The summed E-state index contributed by atoms with van der Waals surface area (Å²) >= 11 is 0. The number of hydrogen-bond donors (Lipinski definition) is 1. The Bertz CT molecular complexity index is 1170. The highest BCUT2D eigenvalue weighted by molar-refractivity contribution is 6.10. The summed E-state index contributed by atoms with van der Waals surface area (Å²) < 4.78 is 13.7. The van der Waals surface area contributed by atoms with Crippen LogP contribution in [0.5, 0.6) is 0 Å². The van der Waals surface area contributed by atoms with Gasteiger partial charge < -0.3 is 4.98 Å². The zero-order chi connectivity index (χ0) is 18.6. The predicted molar refractivity (Wildman–Crippen MR) is 109 cm³/mol. The molecule has 1 N–H and O–H groups in total. The van der Waals surface area contributed by atoms with Crippen molar-refractivity contribution in [2.75, 3.05) is 0 Å². The van der Waals surface area contributed by atoms with Crippen molar-refractivity contribution in [3.8, 4) is 0 Å². The van der Waals surface area contributed by atoms with Crippen LogP contribution in [0.15, 0.2) is 48.5 Å². The molecular formula is C24H23FN2. The topological polar surface area (TPSA) is 28.7 Å². The first kappa shape index (κ1) is 16.5. The molecule has 1 aliphatic carbocycles. The van der Waals surface area contributed by atoms with E-state index in [0.29, 0.717) is 6.42 Å². The summed E-state index contributed by atoms with van der Waals surface area (Å²) in [5.74, 6) is -0.195. The number of pyridine rings is 1. The Hall–Kier alpha value is -2.68. The van der Waals surface area contributed by atoms with Crippen molar-refractivity contribution >= 4 is 21.8 Å². The van der Waals surface area contributed by atoms with Gasteiger partial charge in [0.15, 0.2) is 0 Å². The van der Waals surface area contributed by atoms with Crippen LogP contribution in [0, 0.1) is 11.2 Å². The normalized spacial score (nSPS) is 16.0. The third-order valence-corrected chi connectivity index (χ3v) is 5.87. The molecule has 0 spiro atoms. The van der Waals surface area contributed by atoms with Crippen molar-refractivity contribution in [3.63, 3.8) is 0 Å². The lowest BCUT2D eigenvalue weighted by molar-refractivity contribution is 0.311. The number of fused-ring (bicyclic) bond motifs is 5. The fourth-order valence-electron chi connectivity index (χ4n) is 4.49. The number of hydrogen-bond acceptors (Lipinski definition) is 1. The number of H-pyrrole nitrogens is 1. The van der Waals surface area contributed by atoms with E-state index in [1.165, 1.54) is 34.5 Å². The van der Waals surface area contributed by atoms with Crippen LogP contribution < -0.4 is 0 Å². The van der Waals surface area contributed by atoms with Gasteiger partial charge in [-0.25, -0.2) is 4.39 Å². The first-order valence-corrected chi connectivity index (χ1v) is 9.66. The Morgan fingerprint density at radius 3 is 2.81 bits per heavy atom. The standard InChI is InChI=1S/C24H23FN2/c1-24(2)11-10-18-21(14-24)26-20(13-15-6-5-7-16(25)12-15)23-22(18)17-8-3-4-9-19(17)27-23/h3-9,12,27H,10-11,13-14H2,1-2H3. The molecule has 1 aliphatic rings. The average Bonchev–Trinajstić information content (AvgIpc) is 3.01. The highest BCUT2D eigenvalue weighted by Crippen LogP contribution is 2.40. The molecule has 2 aromatic heterocycles. The summed E-state index contributed by atoms with van der Waals surface area (Å²) in [5.41, 5.74) is 7.11. The summed E-state index contributed by atoms with van der Waals surface area (Å²) in [6.45, 7) is 4.65. The quantitative estimate of drug-likeness (QED) is 0.470. The lowest BCUT2D eigenvalue weighted by Crippen LogP contribution is -2.24. The SMILES string of the molecule is CC1(C)CCc2c(nc(Cc3cccc(F)c3)c3[nH]c4ccccc4c23)C1. The van der Waals surface area contributed by atoms with Crippen LogP contribution in [-0.2, 0) is 19.3 Å². The molecule has 3 heteroatoms. The van der Waals surface area contributed by atoms with E-state index in [0.717, 1.165) is 35.1 Å². The largest absolute Gasteiger partial charge is 0.353 e. The molecule has 136 valence electrons. The summed E-state index contributed by atoms with van der Waals surface area (Å²) in [6.07, 6.45) is 3.87. The molecule has 0 saturated heterocycles. The molecule has 2 heterocycles. The van der Waals surface area contributed by atoms with Gasteiger partial charge in [0.1, 0.15) is 5.82 Å². The fraction of sp³-hybridized carbons (Fsp3) is 0.292. The van der Waals surface area contributed by atoms with Crippen molar-refractivity contribution in [2.24, 2.45) is 5.41 Å². The van der Waals surface area contributed by atoms with E-state index in [4.69, 9.17) is 4.98 Å². The highest BCUT2D eigenvalue weighted by Gasteiger charge is 2.29. The molecule has 5 rings (SSSR count). The number of rotatable bonds is 2. The highest BCUT2D eigenvalue weighted by atomic mass is 19.1. The fourth-order valence-corrected chi connectivity index (χ4v) is 4.49. The Balaban J connectivity index is 1.77. The number of para-hydroxylation sites is 1. The van der Waals surface area contributed by atoms with E-state index in [-0.39, 0.29) is 11.2 Å². The molecule has 27 heavy (non-hydrogen) atoms. The molecule has 0 aliphatic heterocycles. The maximum Gasteiger partial charge on any atom is 0.123 e. The molecule has 0 bridgehead atoms. The lowest BCUT2D eigenvalue weighted by Gasteiger charge is -2.31. The Labute approximate surface area is 158 Å². The van der Waals surface area contributed by atoms with E-state index in [2.05, 4.69) is 43.1 Å². The molecule has 4 aromatic rings. The second-order valence-corrected chi connectivity index (χ2v) is 8.55. The van der Waals surface area contributed by atoms with Crippen molar-refractivity contribution in [3.05, 3.63) is 76.9 Å². The molecular weight excluding hydrogens is 335 g/mol. The Morgan fingerprint density at radius 1 is 1.11 bits per heavy atom. The summed E-state index contributed by atoms with van der Waals surface area (Å²) in [5, 5.41) is 2.59. The number of aryl methyl sites for hydroxylation is 1. The second-order valence-electron chi connectivity index (χ2n) is 8.55. The number of halogens is 1. The number of aromatic amines is 1. The molecule has 0 fully saturated rings. The van der Waals surface area contributed by atoms with Crippen LogP contribution in [0.4, 0.5) is 4.39 Å². The maximum absolute atomic E-state index is 13.7. The van der Waals surface area contributed by atoms with Crippen LogP contribution in [0.25, 0.3) is 21.8 Å². The Kier molecular flexibility index (Phi) is 3.61. The van der Waals surface area contributed by atoms with Gasteiger partial charge in [0, 0.05) is 28.4 Å². The van der Waals surface area contributed by atoms with Gasteiger partial charge in [-0.15, -0.1) is 0 Å². The van der Waals surface area contributed by atoms with E-state index >= 15 is 0 Å². The number of nitrogens with zero attached hydrogens (tertiary/aromatic N) is 1. The lowest BCUT2D eigenvalue weighted by atomic mass is 9.75. The molecule has 0 amide bonds. The van der Waals surface area contributed by atoms with E-state index in [1.807, 2.05) is 6.07 Å². The van der Waals surface area contributed by atoms with Gasteiger partial charge in [0.05, 0.1) is 11.2 Å². The van der Waals surface area contributed by atoms with Gasteiger partial charge >= 0.3 is 0 Å². The molecule has 2 nitrogen and oxygen atoms in total. The van der Waals surface area contributed by atoms with Gasteiger partial charge in [-0.2, -0.15) is 0 Å². The van der Waals surface area contributed by atoms with E-state index < -0.39 is 0 Å². The molecule has 0 unspecified atom stereocenters. The number of aromatic nitrogens is 2. The number of nitrogens with one attached hydrogen (secondary N) is 1. The van der Waals surface area contributed by atoms with Gasteiger partial charge in [-0.3, -0.25) is 4.98 Å². The van der Waals surface area contributed by atoms with Gasteiger partial charge in [0.2, 0.25) is 0 Å². The van der Waals surface area contributed by atoms with Crippen LogP contribution >= 0.6 is 0 Å². The minimum Gasteiger partial charge on any atom is -0.353 e. The maximum atomic E-state index is 13.7. The van der Waals surface area contributed by atoms with E-state index in [1.54, 1.807) is 12.1 Å². The van der Waals surface area contributed by atoms with Gasteiger partial charge in [0.25, 0.3) is 0 Å². The second kappa shape index (κ2) is 5.91. The molecule has 2 aromatic carbocycles. The average molecular weight is 358 g/mol. The van der Waals surface area contributed by atoms with Gasteiger partial charge in [-0.05, 0) is 54.0 Å². The zero-order valence-electron chi connectivity index (χ0n) is 15.8. The smallest absolute Gasteiger partial charge is 0.123 e.